The quantitative estimate of drug-likeness (QED) is 0.844. The van der Waals surface area contributed by atoms with Gasteiger partial charge in [-0.25, -0.2) is 4.79 Å². The van der Waals surface area contributed by atoms with Crippen molar-refractivity contribution in [1.82, 2.24) is 10.2 Å². The van der Waals surface area contributed by atoms with Crippen LogP contribution in [0.2, 0.25) is 0 Å². The van der Waals surface area contributed by atoms with E-state index in [1.54, 1.807) is 19.1 Å². The van der Waals surface area contributed by atoms with Crippen molar-refractivity contribution in [2.24, 2.45) is 0 Å². The van der Waals surface area contributed by atoms with Crippen molar-refractivity contribution in [3.63, 3.8) is 0 Å². The molecule has 2 heterocycles. The van der Waals surface area contributed by atoms with E-state index in [2.05, 4.69) is 5.32 Å². The fourth-order valence-electron chi connectivity index (χ4n) is 2.93. The highest BCUT2D eigenvalue weighted by atomic mass is 16.5. The van der Waals surface area contributed by atoms with Crippen molar-refractivity contribution < 1.29 is 14.3 Å². The molecule has 0 aliphatic carbocycles. The second kappa shape index (κ2) is 3.79. The van der Waals surface area contributed by atoms with Crippen molar-refractivity contribution in [3.8, 4) is 11.5 Å². The number of benzene rings is 1. The molecule has 2 bridgehead atoms. The predicted octanol–water partition coefficient (Wildman–Crippen LogP) is 2.20. The number of hydrogen-bond acceptors (Lipinski definition) is 3. The largest absolute Gasteiger partial charge is 0.497 e. The third kappa shape index (κ3) is 1.64. The molecular formula is C14H18N2O3. The molecule has 102 valence electrons. The third-order valence-electron chi connectivity index (χ3n) is 4.13. The highest BCUT2D eigenvalue weighted by Crippen LogP contribution is 2.46. The summed E-state index contributed by atoms with van der Waals surface area (Å²) in [7, 11) is 3.39. The first-order chi connectivity index (χ1) is 8.94. The smallest absolute Gasteiger partial charge is 0.320 e. The first-order valence-electron chi connectivity index (χ1n) is 6.36. The van der Waals surface area contributed by atoms with Crippen LogP contribution in [0.1, 0.15) is 30.5 Å². The van der Waals surface area contributed by atoms with Crippen molar-refractivity contribution in [2.45, 2.75) is 32.0 Å². The molecule has 2 aliphatic heterocycles. The zero-order valence-corrected chi connectivity index (χ0v) is 11.6. The topological polar surface area (TPSA) is 50.8 Å². The van der Waals surface area contributed by atoms with Gasteiger partial charge in [0.2, 0.25) is 0 Å². The summed E-state index contributed by atoms with van der Waals surface area (Å²) in [5.41, 5.74) is 1.53. The molecule has 2 amide bonds. The number of rotatable bonds is 1. The van der Waals surface area contributed by atoms with Crippen LogP contribution < -0.4 is 14.8 Å². The zero-order valence-electron chi connectivity index (χ0n) is 11.6. The van der Waals surface area contributed by atoms with Gasteiger partial charge in [-0.15, -0.1) is 0 Å². The minimum absolute atomic E-state index is 0.00311. The molecule has 1 saturated heterocycles. The Morgan fingerprint density at radius 3 is 2.95 bits per heavy atom. The van der Waals surface area contributed by atoms with Crippen molar-refractivity contribution in [1.29, 1.82) is 0 Å². The van der Waals surface area contributed by atoms with Gasteiger partial charge in [0.1, 0.15) is 11.5 Å². The fourth-order valence-corrected chi connectivity index (χ4v) is 2.93. The lowest BCUT2D eigenvalue weighted by atomic mass is 9.88. The molecule has 1 aromatic rings. The van der Waals surface area contributed by atoms with E-state index >= 15 is 0 Å². The molecule has 1 fully saturated rings. The van der Waals surface area contributed by atoms with E-state index < -0.39 is 5.72 Å². The summed E-state index contributed by atoms with van der Waals surface area (Å²) >= 11 is 0. The lowest BCUT2D eigenvalue weighted by molar-refractivity contribution is -0.0721. The van der Waals surface area contributed by atoms with Gasteiger partial charge >= 0.3 is 6.03 Å². The second-order valence-electron chi connectivity index (χ2n) is 5.40. The summed E-state index contributed by atoms with van der Waals surface area (Å²) in [5.74, 6) is 1.57. The van der Waals surface area contributed by atoms with Crippen molar-refractivity contribution in [3.05, 3.63) is 23.3 Å². The lowest BCUT2D eigenvalue weighted by Gasteiger charge is -2.49. The molecule has 1 aromatic carbocycles. The molecule has 0 radical (unpaired) electrons. The lowest BCUT2D eigenvalue weighted by Crippen LogP contribution is -2.63. The summed E-state index contributed by atoms with van der Waals surface area (Å²) in [5, 5.41) is 3.02. The standard InChI is InChI=1S/C14H18N2O3/c1-8-5-9(18-4)6-11-12(8)10-7-14(2,19-11)16(3)13(17)15-10/h5-6,10H,7H2,1-4H3,(H,15,17). The average molecular weight is 262 g/mol. The summed E-state index contributed by atoms with van der Waals surface area (Å²) < 4.78 is 11.4. The van der Waals surface area contributed by atoms with E-state index in [1.165, 1.54) is 0 Å². The van der Waals surface area contributed by atoms with Gasteiger partial charge in [-0.05, 0) is 25.5 Å². The van der Waals surface area contributed by atoms with E-state index in [1.807, 2.05) is 26.0 Å². The normalized spacial score (nSPS) is 28.3. The van der Waals surface area contributed by atoms with Crippen molar-refractivity contribution in [2.75, 3.05) is 14.2 Å². The minimum Gasteiger partial charge on any atom is -0.497 e. The molecule has 5 heteroatoms. The molecule has 2 aliphatic rings. The highest BCUT2D eigenvalue weighted by molar-refractivity contribution is 5.77. The Hall–Kier alpha value is -1.91. The minimum atomic E-state index is -0.598. The van der Waals surface area contributed by atoms with E-state index in [0.717, 1.165) is 29.0 Å². The van der Waals surface area contributed by atoms with Gasteiger partial charge in [0.15, 0.2) is 5.72 Å². The van der Waals surface area contributed by atoms with Crippen LogP contribution in [0.5, 0.6) is 11.5 Å². The highest BCUT2D eigenvalue weighted by Gasteiger charge is 2.47. The average Bonchev–Trinajstić information content (AvgIpc) is 2.35. The van der Waals surface area contributed by atoms with Crippen LogP contribution in [0.25, 0.3) is 0 Å². The number of aryl methyl sites for hydroxylation is 1. The Balaban J connectivity index is 2.14. The van der Waals surface area contributed by atoms with Gasteiger partial charge in [-0.1, -0.05) is 0 Å². The maximum absolute atomic E-state index is 12.0. The molecular weight excluding hydrogens is 244 g/mol. The van der Waals surface area contributed by atoms with Crippen molar-refractivity contribution >= 4 is 6.03 Å². The van der Waals surface area contributed by atoms with Gasteiger partial charge < -0.3 is 14.8 Å². The second-order valence-corrected chi connectivity index (χ2v) is 5.40. The van der Waals surface area contributed by atoms with Crippen LogP contribution in [-0.2, 0) is 0 Å². The summed E-state index contributed by atoms with van der Waals surface area (Å²) in [6.45, 7) is 3.95. The Morgan fingerprint density at radius 2 is 2.26 bits per heavy atom. The Kier molecular flexibility index (Phi) is 2.42. The van der Waals surface area contributed by atoms with Gasteiger partial charge in [-0.2, -0.15) is 0 Å². The van der Waals surface area contributed by atoms with Crippen LogP contribution >= 0.6 is 0 Å². The van der Waals surface area contributed by atoms with Gasteiger partial charge in [0.05, 0.1) is 13.2 Å². The maximum atomic E-state index is 12.0. The number of amides is 2. The SMILES string of the molecule is COc1cc(C)c2c(c1)OC1(C)CC2NC(=O)N1C. The number of fused-ring (bicyclic) bond motifs is 4. The number of carbonyl (C=O) groups is 1. The van der Waals surface area contributed by atoms with Gasteiger partial charge in [-0.3, -0.25) is 4.90 Å². The van der Waals surface area contributed by atoms with Crippen LogP contribution in [0.4, 0.5) is 4.79 Å². The Bertz CT molecular complexity index is 558. The van der Waals surface area contributed by atoms with Crippen LogP contribution in [0.3, 0.4) is 0 Å². The molecule has 19 heavy (non-hydrogen) atoms. The number of ether oxygens (including phenoxy) is 2. The zero-order chi connectivity index (χ0) is 13.8. The molecule has 0 aromatic heterocycles. The first-order valence-corrected chi connectivity index (χ1v) is 6.36. The van der Waals surface area contributed by atoms with E-state index in [-0.39, 0.29) is 12.1 Å². The number of nitrogens with one attached hydrogen (secondary N) is 1. The van der Waals surface area contributed by atoms with Crippen LogP contribution in [0, 0.1) is 6.92 Å². The Labute approximate surface area is 112 Å². The van der Waals surface area contributed by atoms with Gasteiger partial charge in [0, 0.05) is 25.1 Å². The molecule has 0 saturated carbocycles. The number of hydrogen-bond donors (Lipinski definition) is 1. The molecule has 5 nitrogen and oxygen atoms in total. The fraction of sp³-hybridized carbons (Fsp3) is 0.500. The van der Waals surface area contributed by atoms with Gasteiger partial charge in [0.25, 0.3) is 0 Å². The summed E-state index contributed by atoms with van der Waals surface area (Å²) in [6, 6.07) is 3.76. The predicted molar refractivity (Wildman–Crippen MR) is 70.4 cm³/mol. The Morgan fingerprint density at radius 1 is 1.53 bits per heavy atom. The van der Waals surface area contributed by atoms with Crippen LogP contribution in [-0.4, -0.2) is 30.8 Å². The first kappa shape index (κ1) is 12.1. The number of nitrogens with zero attached hydrogens (tertiary/aromatic N) is 1. The van der Waals surface area contributed by atoms with E-state index in [9.17, 15) is 4.79 Å². The van der Waals surface area contributed by atoms with E-state index in [4.69, 9.17) is 9.47 Å². The molecule has 2 atom stereocenters. The molecule has 0 spiro atoms. The molecule has 1 N–H and O–H groups in total. The number of urea groups is 1. The number of methoxy groups -OCH3 is 1. The number of carbonyl (C=O) groups excluding carboxylic acids is 1. The maximum Gasteiger partial charge on any atom is 0.320 e. The summed E-state index contributed by atoms with van der Waals surface area (Å²) in [6.07, 6.45) is 0.745. The molecule has 2 unspecified atom stereocenters. The monoisotopic (exact) mass is 262 g/mol. The summed E-state index contributed by atoms with van der Waals surface area (Å²) in [4.78, 5) is 13.6. The molecule has 3 rings (SSSR count). The third-order valence-corrected chi connectivity index (χ3v) is 4.13. The van der Waals surface area contributed by atoms with E-state index in [0.29, 0.717) is 0 Å². The van der Waals surface area contributed by atoms with Crippen LogP contribution in [0.15, 0.2) is 12.1 Å².